The third kappa shape index (κ3) is 5.30. The van der Waals surface area contributed by atoms with Crippen molar-refractivity contribution in [3.05, 3.63) is 90.0 Å². The fourth-order valence-electron chi connectivity index (χ4n) is 2.86. The van der Waals surface area contributed by atoms with Crippen LogP contribution in [-0.2, 0) is 17.1 Å². The second-order valence-electron chi connectivity index (χ2n) is 5.86. The van der Waals surface area contributed by atoms with E-state index in [9.17, 15) is 0 Å². The van der Waals surface area contributed by atoms with Gasteiger partial charge in [0.25, 0.3) is 0 Å². The fourth-order valence-corrected chi connectivity index (χ4v) is 3.03. The summed E-state index contributed by atoms with van der Waals surface area (Å²) in [4.78, 5) is 0. The van der Waals surface area contributed by atoms with Crippen LogP contribution in [0.15, 0.2) is 84.0 Å². The van der Waals surface area contributed by atoms with Gasteiger partial charge >= 0.3 is 17.1 Å². The Balaban J connectivity index is 0.000000379. The summed E-state index contributed by atoms with van der Waals surface area (Å²) in [6, 6.07) is 26.1. The summed E-state index contributed by atoms with van der Waals surface area (Å²) in [5, 5.41) is 6.59. The topological polar surface area (TPSA) is 50.8 Å². The Morgan fingerprint density at radius 1 is 1.19 bits per heavy atom. The van der Waals surface area contributed by atoms with Crippen molar-refractivity contribution in [3.8, 4) is 5.75 Å². The number of hydrazone groups is 1. The summed E-state index contributed by atoms with van der Waals surface area (Å²) in [5.41, 5.74) is 9.07. The second-order valence-corrected chi connectivity index (χ2v) is 6.28. The van der Waals surface area contributed by atoms with Gasteiger partial charge in [-0.1, -0.05) is 12.1 Å². The maximum absolute atomic E-state index is 5.82. The zero-order chi connectivity index (χ0) is 18.4. The first-order valence-electron chi connectivity index (χ1n) is 8.38. The third-order valence-corrected chi connectivity index (χ3v) is 4.38. The van der Waals surface area contributed by atoms with Gasteiger partial charge in [-0.3, -0.25) is 0 Å². The minimum atomic E-state index is 0. The second kappa shape index (κ2) is 10.1. The van der Waals surface area contributed by atoms with Crippen molar-refractivity contribution in [1.29, 1.82) is 0 Å². The zero-order valence-corrected chi connectivity index (χ0v) is 16.9. The van der Waals surface area contributed by atoms with Gasteiger partial charge in [-0.25, -0.2) is 29.3 Å². The first kappa shape index (κ1) is 20.9. The van der Waals surface area contributed by atoms with E-state index < -0.39 is 0 Å². The fraction of sp³-hybridized carbons (Fsp3) is 0.143. The van der Waals surface area contributed by atoms with E-state index in [0.717, 1.165) is 29.0 Å². The maximum Gasteiger partial charge on any atom is 2.00 e. The zero-order valence-electron chi connectivity index (χ0n) is 14.9. The van der Waals surface area contributed by atoms with Crippen LogP contribution in [0.3, 0.4) is 0 Å². The van der Waals surface area contributed by atoms with Crippen LogP contribution in [0.1, 0.15) is 23.6 Å². The number of methoxy groups -OCH3 is 1. The molecule has 27 heavy (non-hydrogen) atoms. The monoisotopic (exact) mass is 419 g/mol. The summed E-state index contributed by atoms with van der Waals surface area (Å²) in [6.07, 6.45) is 0.785. The molecule has 3 aromatic rings. The van der Waals surface area contributed by atoms with Crippen molar-refractivity contribution >= 4 is 23.0 Å². The van der Waals surface area contributed by atoms with Crippen LogP contribution >= 0.6 is 12.2 Å². The summed E-state index contributed by atoms with van der Waals surface area (Å²) >= 11 is 5.14. The average molecular weight is 419 g/mol. The van der Waals surface area contributed by atoms with Gasteiger partial charge in [0.1, 0.15) is 5.75 Å². The summed E-state index contributed by atoms with van der Waals surface area (Å²) < 4.78 is 5.19. The van der Waals surface area contributed by atoms with Crippen molar-refractivity contribution < 1.29 is 21.8 Å². The Hall–Kier alpha value is -2.40. The average Bonchev–Trinajstić information content (AvgIpc) is 3.44. The number of nitrogens with zero attached hydrogens (tertiary/aromatic N) is 2. The number of hydrogen-bond acceptors (Lipinski definition) is 3. The molecule has 1 atom stereocenters. The minimum absolute atomic E-state index is 0. The predicted molar refractivity (Wildman–Crippen MR) is 110 cm³/mol. The minimum Gasteiger partial charge on any atom is -0.497 e. The maximum atomic E-state index is 5.82. The van der Waals surface area contributed by atoms with Crippen LogP contribution in [0.2, 0.25) is 0 Å². The first-order chi connectivity index (χ1) is 12.7. The number of benzene rings is 1. The van der Waals surface area contributed by atoms with Crippen LogP contribution in [0.25, 0.3) is 0 Å². The molecule has 2 N–H and O–H groups in total. The van der Waals surface area contributed by atoms with Crippen LogP contribution in [0.4, 0.5) is 0 Å². The molecule has 4 nitrogen and oxygen atoms in total. The molecule has 0 amide bonds. The molecular formula is C21H21FeN3OS. The van der Waals surface area contributed by atoms with Gasteiger partial charge in [-0.2, -0.15) is 35.4 Å². The van der Waals surface area contributed by atoms with Crippen LogP contribution in [-0.4, -0.2) is 22.9 Å². The first-order valence-corrected chi connectivity index (χ1v) is 8.78. The van der Waals surface area contributed by atoms with Gasteiger partial charge in [-0.05, 0) is 29.9 Å². The molecule has 1 unspecified atom stereocenters. The Labute approximate surface area is 175 Å². The molecule has 1 heterocycles. The molecule has 1 aliphatic heterocycles. The quantitative estimate of drug-likeness (QED) is 0.393. The normalized spacial score (nSPS) is 15.2. The van der Waals surface area contributed by atoms with E-state index >= 15 is 0 Å². The van der Waals surface area contributed by atoms with Crippen molar-refractivity contribution in [1.82, 2.24) is 5.01 Å². The summed E-state index contributed by atoms with van der Waals surface area (Å²) in [7, 11) is 1.66. The van der Waals surface area contributed by atoms with E-state index in [-0.39, 0.29) is 28.2 Å². The molecule has 0 spiro atoms. The SMILES string of the molecule is COc1ccc(C2CC([c-]3cccc3)=NN2C(N)=S)cc1.[Fe+2].c1cc[cH-]c1. The van der Waals surface area contributed by atoms with Crippen molar-refractivity contribution in [2.24, 2.45) is 10.8 Å². The van der Waals surface area contributed by atoms with Gasteiger partial charge < -0.3 is 10.5 Å². The molecule has 0 bridgehead atoms. The molecule has 3 aromatic carbocycles. The molecule has 0 fully saturated rings. The molecule has 0 radical (unpaired) electrons. The Kier molecular flexibility index (Phi) is 7.80. The summed E-state index contributed by atoms with van der Waals surface area (Å²) in [6.45, 7) is 0. The van der Waals surface area contributed by atoms with Gasteiger partial charge in [0.05, 0.1) is 13.2 Å². The number of rotatable bonds is 3. The Morgan fingerprint density at radius 3 is 2.30 bits per heavy atom. The van der Waals surface area contributed by atoms with E-state index in [2.05, 4.69) is 5.10 Å². The molecular weight excluding hydrogens is 398 g/mol. The Bertz CT molecular complexity index is 825. The Morgan fingerprint density at radius 2 is 1.81 bits per heavy atom. The standard InChI is InChI=1S/C16H16N3OS.C5H5.Fe/c1-20-13-8-6-12(7-9-13)15-10-14(11-4-2-3-5-11)18-19(15)16(17)21;1-2-4-5-3-1;/h2-9,15H,10H2,1H3,(H2,17,21);1-5H;/q2*-1;+2. The van der Waals surface area contributed by atoms with Gasteiger partial charge in [0.2, 0.25) is 0 Å². The molecule has 0 aliphatic carbocycles. The smallest absolute Gasteiger partial charge is 0.497 e. The molecule has 4 rings (SSSR count). The number of nitrogens with two attached hydrogens (primary N) is 1. The summed E-state index contributed by atoms with van der Waals surface area (Å²) in [5.74, 6) is 0.829. The molecule has 0 saturated carbocycles. The van der Waals surface area contributed by atoms with E-state index in [4.69, 9.17) is 22.7 Å². The molecule has 140 valence electrons. The van der Waals surface area contributed by atoms with E-state index in [0.29, 0.717) is 0 Å². The number of ether oxygens (including phenoxy) is 1. The van der Waals surface area contributed by atoms with E-state index in [1.807, 2.05) is 78.9 Å². The number of thiocarbonyl (C=S) groups is 1. The van der Waals surface area contributed by atoms with E-state index in [1.165, 1.54) is 0 Å². The molecule has 1 aliphatic rings. The molecule has 0 aromatic heterocycles. The van der Waals surface area contributed by atoms with Crippen LogP contribution in [0.5, 0.6) is 5.75 Å². The van der Waals surface area contributed by atoms with Crippen molar-refractivity contribution in [2.45, 2.75) is 12.5 Å². The van der Waals surface area contributed by atoms with Crippen molar-refractivity contribution in [3.63, 3.8) is 0 Å². The number of hydrogen-bond donors (Lipinski definition) is 1. The molecule has 6 heteroatoms. The molecule has 0 saturated heterocycles. The predicted octanol–water partition coefficient (Wildman–Crippen LogP) is 4.21. The van der Waals surface area contributed by atoms with Gasteiger partial charge in [0, 0.05) is 12.1 Å². The van der Waals surface area contributed by atoms with Crippen molar-refractivity contribution in [2.75, 3.05) is 7.11 Å². The largest absolute Gasteiger partial charge is 2.00 e. The van der Waals surface area contributed by atoms with Crippen LogP contribution in [0, 0.1) is 0 Å². The van der Waals surface area contributed by atoms with Gasteiger partial charge in [0.15, 0.2) is 5.11 Å². The third-order valence-electron chi connectivity index (χ3n) is 4.19. The van der Waals surface area contributed by atoms with Gasteiger partial charge in [-0.15, -0.1) is 5.56 Å². The van der Waals surface area contributed by atoms with E-state index in [1.54, 1.807) is 12.1 Å². The van der Waals surface area contributed by atoms with Crippen LogP contribution < -0.4 is 10.5 Å².